The van der Waals surface area contributed by atoms with Crippen molar-refractivity contribution in [2.24, 2.45) is 11.8 Å². The van der Waals surface area contributed by atoms with Crippen molar-refractivity contribution in [1.82, 2.24) is 21.3 Å². The first-order valence-corrected chi connectivity index (χ1v) is 17.8. The number of Topliss-reactive ketones (excluding diaryl/α,β-unsaturated/α-hetero) is 1. The van der Waals surface area contributed by atoms with Crippen molar-refractivity contribution in [1.29, 1.82) is 0 Å². The van der Waals surface area contributed by atoms with Gasteiger partial charge in [-0.1, -0.05) is 26.7 Å². The molecule has 0 aliphatic carbocycles. The van der Waals surface area contributed by atoms with Crippen LogP contribution in [-0.4, -0.2) is 128 Å². The summed E-state index contributed by atoms with van der Waals surface area (Å²) < 4.78 is 30.8. The molecule has 3 aliphatic heterocycles. The molecule has 0 aromatic carbocycles. The summed E-state index contributed by atoms with van der Waals surface area (Å²) in [5, 5.41) is 22.9. The van der Waals surface area contributed by atoms with Crippen LogP contribution in [0.5, 0.6) is 0 Å². The molecule has 3 saturated heterocycles. The zero-order valence-corrected chi connectivity index (χ0v) is 30.1. The fourth-order valence-corrected chi connectivity index (χ4v) is 7.97. The van der Waals surface area contributed by atoms with Crippen molar-refractivity contribution >= 4 is 29.6 Å². The minimum Gasteiger partial charge on any atom is -0.457 e. The summed E-state index contributed by atoms with van der Waals surface area (Å²) >= 11 is 1.07. The minimum atomic E-state index is -1.19. The lowest BCUT2D eigenvalue weighted by atomic mass is 9.80. The second-order valence-electron chi connectivity index (χ2n) is 13.5. The lowest BCUT2D eigenvalue weighted by Crippen LogP contribution is -2.60. The quantitative estimate of drug-likeness (QED) is 0.102. The molecule has 47 heavy (non-hydrogen) atoms. The van der Waals surface area contributed by atoms with E-state index in [9.17, 15) is 19.5 Å². The maximum atomic E-state index is 14.3. The Morgan fingerprint density at radius 1 is 1.21 bits per heavy atom. The Kier molecular flexibility index (Phi) is 14.4. The highest BCUT2D eigenvalue weighted by Gasteiger charge is 2.55. The molecule has 3 heterocycles. The van der Waals surface area contributed by atoms with Crippen LogP contribution in [0.3, 0.4) is 0 Å². The number of carbonyl (C=O) groups is 3. The predicted octanol–water partition coefficient (Wildman–Crippen LogP) is 1.21. The van der Waals surface area contributed by atoms with E-state index in [0.29, 0.717) is 38.9 Å². The number of methoxy groups -OCH3 is 1. The van der Waals surface area contributed by atoms with Crippen molar-refractivity contribution < 1.29 is 43.2 Å². The molecule has 5 N–H and O–H groups in total. The van der Waals surface area contributed by atoms with Gasteiger partial charge in [-0.3, -0.25) is 9.59 Å². The number of hydrogen-bond acceptors (Lipinski definition) is 13. The Morgan fingerprint density at radius 2 is 1.91 bits per heavy atom. The van der Waals surface area contributed by atoms with Gasteiger partial charge in [0.1, 0.15) is 12.2 Å². The highest BCUT2D eigenvalue weighted by atomic mass is 32.2. The van der Waals surface area contributed by atoms with Gasteiger partial charge < -0.3 is 50.1 Å². The fraction of sp³-hybridized carbons (Fsp3) is 0.848. The molecule has 3 fully saturated rings. The molecule has 14 heteroatoms. The zero-order valence-electron chi connectivity index (χ0n) is 29.3. The summed E-state index contributed by atoms with van der Waals surface area (Å²) in [7, 11) is 3.32. The normalized spacial score (nSPS) is 42.2. The molecule has 13 atom stereocenters. The number of hydrogen-bond donors (Lipinski definition) is 5. The largest absolute Gasteiger partial charge is 0.457 e. The number of terminal acetylenes is 1. The summed E-state index contributed by atoms with van der Waals surface area (Å²) in [5.74, 6) is 0.531. The van der Waals surface area contributed by atoms with Gasteiger partial charge in [0.15, 0.2) is 22.9 Å². The van der Waals surface area contributed by atoms with Crippen LogP contribution in [-0.2, 0) is 33.3 Å². The van der Waals surface area contributed by atoms with E-state index in [1.54, 1.807) is 34.3 Å². The monoisotopic (exact) mass is 684 g/mol. The van der Waals surface area contributed by atoms with Crippen molar-refractivity contribution in [3.63, 3.8) is 0 Å². The van der Waals surface area contributed by atoms with Gasteiger partial charge in [0.25, 0.3) is 0 Å². The molecule has 0 aromatic heterocycles. The van der Waals surface area contributed by atoms with Gasteiger partial charge >= 0.3 is 12.1 Å². The number of cyclic esters (lactones) is 1. The average molecular weight is 685 g/mol. The van der Waals surface area contributed by atoms with Crippen LogP contribution < -0.4 is 21.3 Å². The second kappa shape index (κ2) is 17.1. The number of carbonyl (C=O) groups excluding carboxylic acids is 3. The SMILES string of the molecule is C#CCNCC1CC(NC)C(O)[C@H](O[C@@H]2[C@@H](C)C(=O)C(SC)C(=O)O[C@H](CC)[C@@]3(C)OC(=O)N[C@@H]3[C@@H](C)NC[C@H](C)C[C@@]2(C)OC)O1. The first-order chi connectivity index (χ1) is 22.2. The van der Waals surface area contributed by atoms with Crippen molar-refractivity contribution in [3.05, 3.63) is 0 Å². The molecule has 13 nitrogen and oxygen atoms in total. The van der Waals surface area contributed by atoms with Gasteiger partial charge in [0.2, 0.25) is 0 Å². The van der Waals surface area contributed by atoms with Crippen LogP contribution in [0.1, 0.15) is 60.8 Å². The van der Waals surface area contributed by atoms with E-state index in [1.807, 2.05) is 20.8 Å². The molecule has 0 bridgehead atoms. The Morgan fingerprint density at radius 3 is 2.51 bits per heavy atom. The van der Waals surface area contributed by atoms with E-state index in [1.165, 1.54) is 0 Å². The number of nitrogens with one attached hydrogen (secondary N) is 4. The van der Waals surface area contributed by atoms with Crippen LogP contribution in [0.4, 0.5) is 4.79 Å². The fourth-order valence-electron chi connectivity index (χ4n) is 7.27. The number of ether oxygens (including phenoxy) is 5. The van der Waals surface area contributed by atoms with Crippen LogP contribution >= 0.6 is 11.8 Å². The number of fused-ring (bicyclic) bond motifs is 1. The van der Waals surface area contributed by atoms with Crippen LogP contribution in [0.15, 0.2) is 0 Å². The van der Waals surface area contributed by atoms with E-state index >= 15 is 0 Å². The Bertz CT molecular complexity index is 1130. The summed E-state index contributed by atoms with van der Waals surface area (Å²) in [6.07, 6.45) is 3.59. The van der Waals surface area contributed by atoms with Gasteiger partial charge in [0.05, 0.1) is 30.4 Å². The Hall–Kier alpha value is -1.96. The number of ketones is 1. The molecule has 4 unspecified atom stereocenters. The number of alkyl carbamates (subject to hydrolysis) is 1. The standard InChI is InChI=1S/C33H56N4O9S/c1-11-13-35-17-21-14-22(34-8)25(39)30(43-21)45-28-19(4)24(38)26(47-10)29(40)44-23(12-2)33(7)27(37-31(41)46-33)20(5)36-16-18(3)15-32(28,6)42-9/h1,18-23,25-28,30,34-36,39H,12-17H2,2-10H3,(H,37,41)/t18-,19+,20-,21?,22?,23-,25?,26?,27-,28-,30+,32-,33-/m1/s1. The Labute approximate surface area is 284 Å². The van der Waals surface area contributed by atoms with Crippen molar-refractivity contribution in [2.45, 2.75) is 126 Å². The third-order valence-electron chi connectivity index (χ3n) is 9.98. The van der Waals surface area contributed by atoms with Gasteiger partial charge in [-0.15, -0.1) is 18.2 Å². The number of thioether (sulfide) groups is 1. The summed E-state index contributed by atoms with van der Waals surface area (Å²) in [5.41, 5.74) is -2.23. The van der Waals surface area contributed by atoms with Crippen LogP contribution in [0, 0.1) is 24.2 Å². The summed E-state index contributed by atoms with van der Waals surface area (Å²) in [6.45, 7) is 12.5. The molecular formula is C33H56N4O9S. The highest BCUT2D eigenvalue weighted by Crippen LogP contribution is 2.37. The van der Waals surface area contributed by atoms with Gasteiger partial charge in [-0.2, -0.15) is 0 Å². The first kappa shape index (κ1) is 39.5. The maximum absolute atomic E-state index is 14.3. The molecule has 0 radical (unpaired) electrons. The van der Waals surface area contributed by atoms with Gasteiger partial charge in [0, 0.05) is 31.7 Å². The smallest absolute Gasteiger partial charge is 0.408 e. The lowest BCUT2D eigenvalue weighted by molar-refractivity contribution is -0.291. The second-order valence-corrected chi connectivity index (χ2v) is 14.4. The van der Waals surface area contributed by atoms with Gasteiger partial charge in [-0.05, 0) is 65.8 Å². The third kappa shape index (κ3) is 8.99. The van der Waals surface area contributed by atoms with E-state index in [-0.39, 0.29) is 24.1 Å². The van der Waals surface area contributed by atoms with Crippen LogP contribution in [0.25, 0.3) is 0 Å². The molecule has 0 spiro atoms. The summed E-state index contributed by atoms with van der Waals surface area (Å²) in [4.78, 5) is 40.6. The molecule has 3 aliphatic rings. The number of aliphatic hydroxyl groups is 1. The topological polar surface area (TPSA) is 166 Å². The molecule has 0 saturated carbocycles. The predicted molar refractivity (Wildman–Crippen MR) is 179 cm³/mol. The maximum Gasteiger partial charge on any atom is 0.408 e. The zero-order chi connectivity index (χ0) is 35.1. The minimum absolute atomic E-state index is 0.00405. The number of likely N-dealkylation sites (N-methyl/N-ethyl adjacent to an activating group) is 1. The first-order valence-electron chi connectivity index (χ1n) is 16.5. The molecule has 0 aromatic rings. The van der Waals surface area contributed by atoms with E-state index in [2.05, 4.69) is 34.1 Å². The number of rotatable bonds is 9. The third-order valence-corrected chi connectivity index (χ3v) is 10.9. The van der Waals surface area contributed by atoms with E-state index < -0.39 is 70.9 Å². The molecule has 1 amide bonds. The number of amides is 1. The van der Waals surface area contributed by atoms with Crippen LogP contribution in [0.2, 0.25) is 0 Å². The number of aliphatic hydroxyl groups excluding tert-OH is 1. The van der Waals surface area contributed by atoms with E-state index in [4.69, 9.17) is 30.1 Å². The summed E-state index contributed by atoms with van der Waals surface area (Å²) in [6, 6.07) is -1.11. The van der Waals surface area contributed by atoms with E-state index in [0.717, 1.165) is 11.8 Å². The molecule has 268 valence electrons. The molecule has 3 rings (SSSR count). The van der Waals surface area contributed by atoms with Crippen molar-refractivity contribution in [2.75, 3.05) is 40.0 Å². The van der Waals surface area contributed by atoms with Crippen molar-refractivity contribution in [3.8, 4) is 12.3 Å². The molecular weight excluding hydrogens is 628 g/mol. The lowest BCUT2D eigenvalue weighted by Gasteiger charge is -2.46. The average Bonchev–Trinajstić information content (AvgIpc) is 3.36. The highest BCUT2D eigenvalue weighted by molar-refractivity contribution is 8.00. The number of esters is 1. The van der Waals surface area contributed by atoms with Gasteiger partial charge in [-0.25, -0.2) is 4.79 Å². The Balaban J connectivity index is 2.03.